The molecule has 2 N–H and O–H groups in total. The van der Waals surface area contributed by atoms with Gasteiger partial charge in [-0.2, -0.15) is 0 Å². The van der Waals surface area contributed by atoms with Gasteiger partial charge in [-0.15, -0.1) is 12.4 Å². The quantitative estimate of drug-likeness (QED) is 0.717. The second-order valence-electron chi connectivity index (χ2n) is 3.89. The summed E-state index contributed by atoms with van der Waals surface area (Å²) >= 11 is 0. The Labute approximate surface area is 104 Å². The second-order valence-corrected chi connectivity index (χ2v) is 5.98. The highest BCUT2D eigenvalue weighted by Gasteiger charge is 2.17. The van der Waals surface area contributed by atoms with E-state index in [0.29, 0.717) is 12.6 Å². The normalized spacial score (nSPS) is 22.8. The minimum atomic E-state index is -3.03. The smallest absolute Gasteiger partial charge is 0.211 e. The fourth-order valence-corrected chi connectivity index (χ4v) is 2.27. The molecule has 1 heterocycles. The van der Waals surface area contributed by atoms with Crippen molar-refractivity contribution < 1.29 is 8.42 Å². The number of sulfonamides is 1. The van der Waals surface area contributed by atoms with Crippen LogP contribution >= 0.6 is 12.4 Å². The third-order valence-corrected chi connectivity index (χ3v) is 4.14. The van der Waals surface area contributed by atoms with Gasteiger partial charge in [-0.25, -0.2) is 13.1 Å². The fourth-order valence-electron chi connectivity index (χ4n) is 1.66. The van der Waals surface area contributed by atoms with Gasteiger partial charge in [0, 0.05) is 38.8 Å². The Balaban J connectivity index is 0.00000225. The van der Waals surface area contributed by atoms with Crippen LogP contribution in [0, 0.1) is 0 Å². The molecule has 0 aliphatic carbocycles. The van der Waals surface area contributed by atoms with E-state index in [2.05, 4.69) is 21.9 Å². The average Bonchev–Trinajstić information content (AvgIpc) is 2.21. The maximum atomic E-state index is 11.2. The van der Waals surface area contributed by atoms with E-state index in [-0.39, 0.29) is 18.2 Å². The van der Waals surface area contributed by atoms with Crippen LogP contribution in [0.15, 0.2) is 0 Å². The summed E-state index contributed by atoms with van der Waals surface area (Å²) in [4.78, 5) is 2.30. The Morgan fingerprint density at radius 1 is 1.50 bits per heavy atom. The Morgan fingerprint density at radius 3 is 2.75 bits per heavy atom. The van der Waals surface area contributed by atoms with Gasteiger partial charge in [0.25, 0.3) is 0 Å². The molecule has 0 bridgehead atoms. The van der Waals surface area contributed by atoms with E-state index in [4.69, 9.17) is 0 Å². The van der Waals surface area contributed by atoms with E-state index in [1.54, 1.807) is 6.92 Å². The van der Waals surface area contributed by atoms with E-state index in [1.165, 1.54) is 0 Å². The molecular formula is C9H22ClN3O2S. The highest BCUT2D eigenvalue weighted by molar-refractivity contribution is 7.89. The number of hydrogen-bond acceptors (Lipinski definition) is 4. The monoisotopic (exact) mass is 271 g/mol. The van der Waals surface area contributed by atoms with Crippen LogP contribution in [0.4, 0.5) is 0 Å². The third kappa shape index (κ3) is 5.45. The molecule has 7 heteroatoms. The molecule has 16 heavy (non-hydrogen) atoms. The summed E-state index contributed by atoms with van der Waals surface area (Å²) in [5, 5.41) is 3.30. The van der Waals surface area contributed by atoms with Gasteiger partial charge < -0.3 is 5.32 Å². The Morgan fingerprint density at radius 2 is 2.19 bits per heavy atom. The van der Waals surface area contributed by atoms with Crippen LogP contribution < -0.4 is 10.0 Å². The lowest BCUT2D eigenvalue weighted by molar-refractivity contribution is 0.177. The van der Waals surface area contributed by atoms with Gasteiger partial charge in [-0.05, 0) is 13.8 Å². The first-order valence-corrected chi connectivity index (χ1v) is 7.12. The average molecular weight is 272 g/mol. The van der Waals surface area contributed by atoms with E-state index in [0.717, 1.165) is 26.2 Å². The van der Waals surface area contributed by atoms with E-state index < -0.39 is 10.0 Å². The minimum Gasteiger partial charge on any atom is -0.314 e. The number of piperazine rings is 1. The van der Waals surface area contributed by atoms with Crippen molar-refractivity contribution in [1.29, 1.82) is 0 Å². The Bertz CT molecular complexity index is 284. The van der Waals surface area contributed by atoms with Gasteiger partial charge in [0.05, 0.1) is 5.75 Å². The molecule has 0 spiro atoms. The summed E-state index contributed by atoms with van der Waals surface area (Å²) in [5.74, 6) is 0.157. The molecule has 1 unspecified atom stereocenters. The van der Waals surface area contributed by atoms with Crippen molar-refractivity contribution in [2.75, 3.05) is 38.5 Å². The topological polar surface area (TPSA) is 61.4 Å². The lowest BCUT2D eigenvalue weighted by Gasteiger charge is -2.33. The molecule has 0 aromatic rings. The fraction of sp³-hybridized carbons (Fsp3) is 1.00. The standard InChI is InChI=1S/C9H21N3O2S.ClH/c1-3-15(13,14)11-5-7-12-6-4-10-8-9(12)2;/h9-11H,3-8H2,1-2H3;1H. The highest BCUT2D eigenvalue weighted by atomic mass is 35.5. The molecule has 1 rings (SSSR count). The lowest BCUT2D eigenvalue weighted by Crippen LogP contribution is -2.51. The highest BCUT2D eigenvalue weighted by Crippen LogP contribution is 2.00. The summed E-state index contributed by atoms with van der Waals surface area (Å²) in [6.45, 7) is 8.08. The zero-order valence-electron chi connectivity index (χ0n) is 9.90. The predicted octanol–water partition coefficient (Wildman–Crippen LogP) is -0.359. The number of nitrogens with one attached hydrogen (secondary N) is 2. The number of rotatable bonds is 5. The third-order valence-electron chi connectivity index (χ3n) is 2.74. The van der Waals surface area contributed by atoms with Crippen molar-refractivity contribution in [2.45, 2.75) is 19.9 Å². The molecule has 0 aromatic heterocycles. The van der Waals surface area contributed by atoms with E-state index in [9.17, 15) is 8.42 Å². The Hall–Kier alpha value is 0.120. The number of hydrogen-bond donors (Lipinski definition) is 2. The van der Waals surface area contributed by atoms with Gasteiger partial charge in [-0.1, -0.05) is 0 Å². The molecule has 0 amide bonds. The predicted molar refractivity (Wildman–Crippen MR) is 68.6 cm³/mol. The molecule has 1 fully saturated rings. The van der Waals surface area contributed by atoms with Crippen molar-refractivity contribution in [1.82, 2.24) is 14.9 Å². The summed E-state index contributed by atoms with van der Waals surface area (Å²) in [6.07, 6.45) is 0. The summed E-state index contributed by atoms with van der Waals surface area (Å²) in [5.41, 5.74) is 0. The van der Waals surface area contributed by atoms with Gasteiger partial charge in [-0.3, -0.25) is 4.90 Å². The molecule has 0 saturated carbocycles. The first kappa shape index (κ1) is 16.1. The zero-order chi connectivity index (χ0) is 11.3. The zero-order valence-corrected chi connectivity index (χ0v) is 11.5. The Kier molecular flexibility index (Phi) is 7.50. The summed E-state index contributed by atoms with van der Waals surface area (Å²) in [6, 6.07) is 0.491. The molecule has 1 atom stereocenters. The van der Waals surface area contributed by atoms with Gasteiger partial charge in [0.2, 0.25) is 10.0 Å². The van der Waals surface area contributed by atoms with Crippen molar-refractivity contribution in [3.8, 4) is 0 Å². The molecule has 0 aromatic carbocycles. The molecule has 1 aliphatic heterocycles. The van der Waals surface area contributed by atoms with Gasteiger partial charge >= 0.3 is 0 Å². The van der Waals surface area contributed by atoms with E-state index >= 15 is 0 Å². The van der Waals surface area contributed by atoms with Crippen molar-refractivity contribution in [2.24, 2.45) is 0 Å². The SMILES string of the molecule is CCS(=O)(=O)NCCN1CCNCC1C.Cl. The molecule has 5 nitrogen and oxygen atoms in total. The van der Waals surface area contributed by atoms with E-state index in [1.807, 2.05) is 0 Å². The molecule has 98 valence electrons. The molecule has 1 saturated heterocycles. The van der Waals surface area contributed by atoms with Gasteiger partial charge in [0.1, 0.15) is 0 Å². The van der Waals surface area contributed by atoms with Crippen LogP contribution in [0.2, 0.25) is 0 Å². The van der Waals surface area contributed by atoms with Crippen molar-refractivity contribution in [3.05, 3.63) is 0 Å². The molecular weight excluding hydrogens is 250 g/mol. The lowest BCUT2D eigenvalue weighted by atomic mass is 10.2. The van der Waals surface area contributed by atoms with Crippen LogP contribution in [0.1, 0.15) is 13.8 Å². The van der Waals surface area contributed by atoms with Crippen LogP contribution in [-0.4, -0.2) is 57.8 Å². The minimum absolute atomic E-state index is 0. The van der Waals surface area contributed by atoms with Crippen LogP contribution in [0.3, 0.4) is 0 Å². The number of halogens is 1. The largest absolute Gasteiger partial charge is 0.314 e. The summed E-state index contributed by atoms with van der Waals surface area (Å²) in [7, 11) is -3.03. The van der Waals surface area contributed by atoms with Crippen molar-refractivity contribution >= 4 is 22.4 Å². The maximum Gasteiger partial charge on any atom is 0.211 e. The second kappa shape index (κ2) is 7.45. The van der Waals surface area contributed by atoms with Gasteiger partial charge in [0.15, 0.2) is 0 Å². The molecule has 0 radical (unpaired) electrons. The van der Waals surface area contributed by atoms with Crippen LogP contribution in [0.5, 0.6) is 0 Å². The molecule has 1 aliphatic rings. The van der Waals surface area contributed by atoms with Crippen LogP contribution in [-0.2, 0) is 10.0 Å². The first-order chi connectivity index (χ1) is 7.05. The first-order valence-electron chi connectivity index (χ1n) is 5.47. The van der Waals surface area contributed by atoms with Crippen molar-refractivity contribution in [3.63, 3.8) is 0 Å². The summed E-state index contributed by atoms with van der Waals surface area (Å²) < 4.78 is 24.9. The number of nitrogens with zero attached hydrogens (tertiary/aromatic N) is 1. The van der Waals surface area contributed by atoms with Crippen LogP contribution in [0.25, 0.3) is 0 Å². The maximum absolute atomic E-state index is 11.2.